The third kappa shape index (κ3) is 0.836. The van der Waals surface area contributed by atoms with E-state index in [1.165, 1.54) is 0 Å². The Morgan fingerprint density at radius 2 is 2.38 bits per heavy atom. The molecule has 1 atom stereocenters. The van der Waals surface area contributed by atoms with Crippen LogP contribution in [0.1, 0.15) is 13.3 Å². The van der Waals surface area contributed by atoms with Crippen molar-refractivity contribution in [2.24, 2.45) is 16.1 Å². The maximum Gasteiger partial charge on any atom is 0.196 e. The van der Waals surface area contributed by atoms with Crippen molar-refractivity contribution in [3.63, 3.8) is 0 Å². The van der Waals surface area contributed by atoms with Gasteiger partial charge in [0, 0.05) is 0 Å². The zero-order valence-electron chi connectivity index (χ0n) is 4.70. The number of rotatable bonds is 2. The van der Waals surface area contributed by atoms with Crippen molar-refractivity contribution in [2.75, 3.05) is 0 Å². The normalized spacial score (nSPS) is 20.0. The summed E-state index contributed by atoms with van der Waals surface area (Å²) in [6, 6.07) is 2.13. The fourth-order valence-corrected chi connectivity index (χ4v) is 0.568. The summed E-state index contributed by atoms with van der Waals surface area (Å²) < 4.78 is 0. The largest absolute Gasteiger partial charge is 0.198 e. The summed E-state index contributed by atoms with van der Waals surface area (Å²) in [7, 11) is 0. The van der Waals surface area contributed by atoms with Gasteiger partial charge in [-0.1, -0.05) is 6.92 Å². The second-order valence-corrected chi connectivity index (χ2v) is 1.79. The lowest BCUT2D eigenvalue weighted by Crippen LogP contribution is -2.02. The van der Waals surface area contributed by atoms with Gasteiger partial charge in [0.05, 0.1) is 12.0 Å². The molecular weight excluding hydrogens is 102 g/mol. The molecule has 0 aromatic carbocycles. The summed E-state index contributed by atoms with van der Waals surface area (Å²) in [6.45, 7) is 1.97. The molecule has 3 heteroatoms. The zero-order chi connectivity index (χ0) is 5.98. The van der Waals surface area contributed by atoms with Gasteiger partial charge in [-0.25, -0.2) is 0 Å². The minimum atomic E-state index is 0.0185. The fraction of sp³-hybridized carbons (Fsp3) is 0.800. The van der Waals surface area contributed by atoms with Crippen LogP contribution in [0.2, 0.25) is 0 Å². The Kier molecular flexibility index (Phi) is 1.25. The molecule has 0 aromatic heterocycles. The molecule has 1 aliphatic heterocycles. The predicted octanol–water partition coefficient (Wildman–Crippen LogP) is 1.33. The third-order valence-corrected chi connectivity index (χ3v) is 1.21. The van der Waals surface area contributed by atoms with Crippen LogP contribution < -0.4 is 0 Å². The first-order valence-corrected chi connectivity index (χ1v) is 2.68. The van der Waals surface area contributed by atoms with Gasteiger partial charge in [-0.2, -0.15) is 15.5 Å². The molecule has 3 nitrogen and oxygen atoms in total. The van der Waals surface area contributed by atoms with Gasteiger partial charge >= 0.3 is 0 Å². The van der Waals surface area contributed by atoms with Crippen molar-refractivity contribution in [2.45, 2.75) is 19.5 Å². The predicted molar refractivity (Wildman–Crippen MR) is 28.0 cm³/mol. The van der Waals surface area contributed by atoms with E-state index in [0.717, 1.165) is 6.42 Å². The monoisotopic (exact) mass is 109 g/mol. The number of hydrogen-bond donors (Lipinski definition) is 0. The molecule has 0 spiro atoms. The Balaban J connectivity index is 2.30. The van der Waals surface area contributed by atoms with Crippen LogP contribution >= 0.6 is 0 Å². The van der Waals surface area contributed by atoms with E-state index in [-0.39, 0.29) is 12.1 Å². The standard InChI is InChI=1S/C5H7N3/c1-2-4(3-6)5-7-8-5/h4-5H,2H2,1H3. The Bertz CT molecular complexity index is 138. The van der Waals surface area contributed by atoms with Gasteiger partial charge in [0.2, 0.25) is 0 Å². The van der Waals surface area contributed by atoms with E-state index >= 15 is 0 Å². The van der Waals surface area contributed by atoms with Crippen molar-refractivity contribution in [1.82, 2.24) is 0 Å². The van der Waals surface area contributed by atoms with Gasteiger partial charge in [-0.3, -0.25) is 0 Å². The molecule has 42 valence electrons. The van der Waals surface area contributed by atoms with Crippen LogP contribution in [0.3, 0.4) is 0 Å². The molecule has 0 saturated heterocycles. The lowest BCUT2D eigenvalue weighted by atomic mass is 10.1. The van der Waals surface area contributed by atoms with E-state index in [0.29, 0.717) is 0 Å². The summed E-state index contributed by atoms with van der Waals surface area (Å²) in [5, 5.41) is 15.7. The number of nitriles is 1. The SMILES string of the molecule is CCC(C#N)C1N=N1. The molecule has 0 amide bonds. The highest BCUT2D eigenvalue weighted by Gasteiger charge is 2.25. The maximum atomic E-state index is 8.37. The van der Waals surface area contributed by atoms with Crippen molar-refractivity contribution < 1.29 is 0 Å². The minimum Gasteiger partial charge on any atom is -0.198 e. The zero-order valence-corrected chi connectivity index (χ0v) is 4.70. The smallest absolute Gasteiger partial charge is 0.196 e. The van der Waals surface area contributed by atoms with E-state index in [1.807, 2.05) is 6.92 Å². The highest BCUT2D eigenvalue weighted by molar-refractivity contribution is 4.93. The van der Waals surface area contributed by atoms with E-state index in [1.54, 1.807) is 0 Å². The molecule has 1 unspecified atom stereocenters. The third-order valence-electron chi connectivity index (χ3n) is 1.21. The van der Waals surface area contributed by atoms with Gasteiger partial charge in [0.15, 0.2) is 6.17 Å². The lowest BCUT2D eigenvalue weighted by Gasteiger charge is -1.94. The molecule has 1 rings (SSSR count). The van der Waals surface area contributed by atoms with Crippen LogP contribution in [0, 0.1) is 17.2 Å². The summed E-state index contributed by atoms with van der Waals surface area (Å²) in [4.78, 5) is 0. The summed E-state index contributed by atoms with van der Waals surface area (Å²) >= 11 is 0. The first kappa shape index (κ1) is 5.23. The van der Waals surface area contributed by atoms with Gasteiger partial charge in [0.1, 0.15) is 0 Å². The first-order valence-electron chi connectivity index (χ1n) is 2.68. The van der Waals surface area contributed by atoms with E-state index in [2.05, 4.69) is 16.3 Å². The average Bonchev–Trinajstić information content (AvgIpc) is 2.53. The van der Waals surface area contributed by atoms with Gasteiger partial charge in [-0.15, -0.1) is 0 Å². The van der Waals surface area contributed by atoms with Crippen LogP contribution in [-0.2, 0) is 0 Å². The van der Waals surface area contributed by atoms with Crippen molar-refractivity contribution in [1.29, 1.82) is 5.26 Å². The summed E-state index contributed by atoms with van der Waals surface area (Å²) in [6.07, 6.45) is 0.874. The molecule has 0 radical (unpaired) electrons. The minimum absolute atomic E-state index is 0.0185. The number of hydrogen-bond acceptors (Lipinski definition) is 3. The van der Waals surface area contributed by atoms with E-state index in [4.69, 9.17) is 5.26 Å². The molecule has 0 aliphatic carbocycles. The van der Waals surface area contributed by atoms with Gasteiger partial charge in [-0.05, 0) is 6.42 Å². The topological polar surface area (TPSA) is 48.5 Å². The number of nitrogens with zero attached hydrogens (tertiary/aromatic N) is 3. The second-order valence-electron chi connectivity index (χ2n) is 1.79. The summed E-state index contributed by atoms with van der Waals surface area (Å²) in [5.41, 5.74) is 0. The highest BCUT2D eigenvalue weighted by Crippen LogP contribution is 2.22. The quantitative estimate of drug-likeness (QED) is 0.527. The van der Waals surface area contributed by atoms with Gasteiger partial charge in [0.25, 0.3) is 0 Å². The fourth-order valence-electron chi connectivity index (χ4n) is 0.568. The highest BCUT2D eigenvalue weighted by atomic mass is 15.4. The van der Waals surface area contributed by atoms with E-state index < -0.39 is 0 Å². The molecule has 8 heavy (non-hydrogen) atoms. The first-order chi connectivity index (χ1) is 3.88. The average molecular weight is 109 g/mol. The van der Waals surface area contributed by atoms with E-state index in [9.17, 15) is 0 Å². The van der Waals surface area contributed by atoms with Gasteiger partial charge < -0.3 is 0 Å². The molecular formula is C5H7N3. The Morgan fingerprint density at radius 3 is 2.50 bits per heavy atom. The maximum absolute atomic E-state index is 8.37. The summed E-state index contributed by atoms with van der Waals surface area (Å²) in [5.74, 6) is 0.0370. The van der Waals surface area contributed by atoms with Crippen LogP contribution in [0.15, 0.2) is 10.2 Å². The van der Waals surface area contributed by atoms with Crippen LogP contribution in [0.4, 0.5) is 0 Å². The molecule has 0 aromatic rings. The molecule has 0 saturated carbocycles. The van der Waals surface area contributed by atoms with Crippen LogP contribution in [0.5, 0.6) is 0 Å². The second kappa shape index (κ2) is 1.91. The Morgan fingerprint density at radius 1 is 1.75 bits per heavy atom. The molecule has 1 heterocycles. The van der Waals surface area contributed by atoms with Crippen molar-refractivity contribution >= 4 is 0 Å². The van der Waals surface area contributed by atoms with Crippen molar-refractivity contribution in [3.8, 4) is 6.07 Å². The Hall–Kier alpha value is -0.910. The van der Waals surface area contributed by atoms with Crippen molar-refractivity contribution in [3.05, 3.63) is 0 Å². The van der Waals surface area contributed by atoms with Crippen LogP contribution in [0.25, 0.3) is 0 Å². The molecule has 1 aliphatic rings. The molecule has 0 N–H and O–H groups in total. The Labute approximate surface area is 48.0 Å². The molecule has 0 bridgehead atoms. The van der Waals surface area contributed by atoms with Crippen LogP contribution in [-0.4, -0.2) is 6.17 Å². The lowest BCUT2D eigenvalue weighted by molar-refractivity contribution is 0.612. The molecule has 0 fully saturated rings.